The summed E-state index contributed by atoms with van der Waals surface area (Å²) < 4.78 is 42.8. The number of carbonyl (C=O) groups excluding carboxylic acids is 3. The highest BCUT2D eigenvalue weighted by molar-refractivity contribution is 7.89. The standard InChI is InChI=1S/C22H23ClN2O8S/c1-31-20(32-2)13-24(34(29,30)17-10-6-15(23)7-11-17)18-12-19(26)25(21(18)27)16-8-4-14(5-9-16)22(28)33-3/h4-11,18,20H,12-13H2,1-3H3. The van der Waals surface area contributed by atoms with Crippen molar-refractivity contribution >= 4 is 45.1 Å². The zero-order valence-electron chi connectivity index (χ0n) is 18.6. The number of rotatable bonds is 9. The molecule has 2 aromatic carbocycles. The molecule has 1 saturated heterocycles. The van der Waals surface area contributed by atoms with Crippen molar-refractivity contribution in [2.24, 2.45) is 0 Å². The van der Waals surface area contributed by atoms with E-state index in [1.807, 2.05) is 0 Å². The minimum absolute atomic E-state index is 0.107. The second-order valence-corrected chi connectivity index (χ2v) is 9.58. The van der Waals surface area contributed by atoms with E-state index in [0.29, 0.717) is 5.02 Å². The third kappa shape index (κ3) is 5.13. The highest BCUT2D eigenvalue weighted by Gasteiger charge is 2.47. The summed E-state index contributed by atoms with van der Waals surface area (Å²) in [6.45, 7) is -0.337. The summed E-state index contributed by atoms with van der Waals surface area (Å²) in [5.41, 5.74) is 0.431. The molecule has 0 N–H and O–H groups in total. The van der Waals surface area contributed by atoms with E-state index in [2.05, 4.69) is 4.74 Å². The summed E-state index contributed by atoms with van der Waals surface area (Å²) in [6, 6.07) is 9.74. The summed E-state index contributed by atoms with van der Waals surface area (Å²) in [5.74, 6) is -1.91. The third-order valence-electron chi connectivity index (χ3n) is 5.29. The maximum absolute atomic E-state index is 13.5. The number of ether oxygens (including phenoxy) is 3. The van der Waals surface area contributed by atoms with Gasteiger partial charge in [0, 0.05) is 19.2 Å². The van der Waals surface area contributed by atoms with Gasteiger partial charge in [-0.05, 0) is 48.5 Å². The molecule has 0 bridgehead atoms. The SMILES string of the molecule is COC(=O)c1ccc(N2C(=O)CC(N(CC(OC)OC)S(=O)(=O)c3ccc(Cl)cc3)C2=O)cc1. The molecule has 0 spiro atoms. The monoisotopic (exact) mass is 510 g/mol. The van der Waals surface area contributed by atoms with E-state index in [4.69, 9.17) is 21.1 Å². The van der Waals surface area contributed by atoms with Gasteiger partial charge in [-0.3, -0.25) is 9.59 Å². The molecule has 1 atom stereocenters. The number of halogens is 1. The molecule has 0 aromatic heterocycles. The van der Waals surface area contributed by atoms with Crippen molar-refractivity contribution in [3.63, 3.8) is 0 Å². The molecular formula is C22H23ClN2O8S. The lowest BCUT2D eigenvalue weighted by molar-refractivity contribution is -0.125. The van der Waals surface area contributed by atoms with Crippen molar-refractivity contribution in [3.8, 4) is 0 Å². The number of imide groups is 1. The molecule has 1 unspecified atom stereocenters. The van der Waals surface area contributed by atoms with Gasteiger partial charge in [-0.1, -0.05) is 11.6 Å². The molecule has 1 heterocycles. The summed E-state index contributed by atoms with van der Waals surface area (Å²) in [5, 5.41) is 0.339. The van der Waals surface area contributed by atoms with Crippen molar-refractivity contribution in [2.45, 2.75) is 23.6 Å². The molecule has 1 aliphatic rings. The summed E-state index contributed by atoms with van der Waals surface area (Å²) in [7, 11) is -0.350. The van der Waals surface area contributed by atoms with Crippen LogP contribution in [0.2, 0.25) is 5.02 Å². The number of carbonyl (C=O) groups is 3. The second kappa shape index (κ2) is 10.6. The first-order valence-corrected chi connectivity index (χ1v) is 11.8. The lowest BCUT2D eigenvalue weighted by Crippen LogP contribution is -2.49. The summed E-state index contributed by atoms with van der Waals surface area (Å²) in [6.07, 6.45) is -1.37. The lowest BCUT2D eigenvalue weighted by Gasteiger charge is -2.29. The molecule has 182 valence electrons. The van der Waals surface area contributed by atoms with Crippen LogP contribution >= 0.6 is 11.6 Å². The normalized spacial score (nSPS) is 16.5. The van der Waals surface area contributed by atoms with Gasteiger partial charge in [-0.25, -0.2) is 18.1 Å². The highest BCUT2D eigenvalue weighted by Crippen LogP contribution is 2.30. The van der Waals surface area contributed by atoms with E-state index < -0.39 is 40.1 Å². The quantitative estimate of drug-likeness (QED) is 0.286. The Bertz CT molecular complexity index is 1160. The van der Waals surface area contributed by atoms with E-state index in [0.717, 1.165) is 9.21 Å². The number of nitrogens with zero attached hydrogens (tertiary/aromatic N) is 2. The average Bonchev–Trinajstić information content (AvgIpc) is 3.12. The Morgan fingerprint density at radius 1 is 1.06 bits per heavy atom. The number of sulfonamides is 1. The van der Waals surface area contributed by atoms with Crippen LogP contribution in [0.4, 0.5) is 5.69 Å². The molecule has 10 nitrogen and oxygen atoms in total. The highest BCUT2D eigenvalue weighted by atomic mass is 35.5. The largest absolute Gasteiger partial charge is 0.465 e. The lowest BCUT2D eigenvalue weighted by atomic mass is 10.2. The molecule has 2 amide bonds. The Morgan fingerprint density at radius 2 is 1.65 bits per heavy atom. The van der Waals surface area contributed by atoms with Crippen LogP contribution in [0.1, 0.15) is 16.8 Å². The van der Waals surface area contributed by atoms with E-state index in [9.17, 15) is 22.8 Å². The molecular weight excluding hydrogens is 488 g/mol. The van der Waals surface area contributed by atoms with Gasteiger partial charge in [-0.15, -0.1) is 0 Å². The molecule has 1 fully saturated rings. The van der Waals surface area contributed by atoms with Crippen LogP contribution in [0.15, 0.2) is 53.4 Å². The van der Waals surface area contributed by atoms with Crippen LogP contribution in [0.25, 0.3) is 0 Å². The topological polar surface area (TPSA) is 120 Å². The van der Waals surface area contributed by atoms with Crippen molar-refractivity contribution < 1.29 is 37.0 Å². The molecule has 2 aromatic rings. The van der Waals surface area contributed by atoms with Crippen molar-refractivity contribution in [2.75, 3.05) is 32.8 Å². The van der Waals surface area contributed by atoms with Gasteiger partial charge >= 0.3 is 5.97 Å². The third-order valence-corrected chi connectivity index (χ3v) is 7.43. The first kappa shape index (κ1) is 25.8. The number of anilines is 1. The summed E-state index contributed by atoms with van der Waals surface area (Å²) in [4.78, 5) is 38.6. The molecule has 0 radical (unpaired) electrons. The number of methoxy groups -OCH3 is 3. The number of esters is 1. The zero-order valence-corrected chi connectivity index (χ0v) is 20.2. The van der Waals surface area contributed by atoms with E-state index in [1.165, 1.54) is 69.9 Å². The Balaban J connectivity index is 1.98. The minimum atomic E-state index is -4.25. The Morgan fingerprint density at radius 3 is 2.18 bits per heavy atom. The van der Waals surface area contributed by atoms with Crippen LogP contribution < -0.4 is 4.90 Å². The van der Waals surface area contributed by atoms with Gasteiger partial charge in [0.15, 0.2) is 6.29 Å². The van der Waals surface area contributed by atoms with Crippen LogP contribution in [-0.4, -0.2) is 70.7 Å². The van der Waals surface area contributed by atoms with E-state index in [1.54, 1.807) is 0 Å². The number of benzene rings is 2. The van der Waals surface area contributed by atoms with Gasteiger partial charge in [-0.2, -0.15) is 4.31 Å². The van der Waals surface area contributed by atoms with Crippen molar-refractivity contribution in [1.82, 2.24) is 4.31 Å². The fraction of sp³-hybridized carbons (Fsp3) is 0.318. The number of amides is 2. The molecule has 3 rings (SSSR count). The van der Waals surface area contributed by atoms with Crippen LogP contribution in [0, 0.1) is 0 Å². The molecule has 0 saturated carbocycles. The zero-order chi connectivity index (χ0) is 25.0. The predicted molar refractivity (Wildman–Crippen MR) is 122 cm³/mol. The first-order valence-electron chi connectivity index (χ1n) is 10.0. The molecule has 34 heavy (non-hydrogen) atoms. The average molecular weight is 511 g/mol. The summed E-state index contributed by atoms with van der Waals surface area (Å²) >= 11 is 5.88. The fourth-order valence-corrected chi connectivity index (χ4v) is 5.20. The number of hydrogen-bond donors (Lipinski definition) is 0. The van der Waals surface area contributed by atoms with Gasteiger partial charge in [0.1, 0.15) is 6.04 Å². The molecule has 1 aliphatic heterocycles. The molecule has 0 aliphatic carbocycles. The van der Waals surface area contributed by atoms with Gasteiger partial charge in [0.2, 0.25) is 15.9 Å². The van der Waals surface area contributed by atoms with Crippen LogP contribution in [-0.2, 0) is 33.8 Å². The smallest absolute Gasteiger partial charge is 0.337 e. The van der Waals surface area contributed by atoms with Crippen molar-refractivity contribution in [3.05, 3.63) is 59.1 Å². The van der Waals surface area contributed by atoms with Crippen LogP contribution in [0.3, 0.4) is 0 Å². The minimum Gasteiger partial charge on any atom is -0.465 e. The van der Waals surface area contributed by atoms with Gasteiger partial charge < -0.3 is 14.2 Å². The maximum Gasteiger partial charge on any atom is 0.337 e. The van der Waals surface area contributed by atoms with E-state index in [-0.39, 0.29) is 29.1 Å². The Labute approximate surface area is 202 Å². The first-order chi connectivity index (χ1) is 16.1. The van der Waals surface area contributed by atoms with Gasteiger partial charge in [0.25, 0.3) is 5.91 Å². The maximum atomic E-state index is 13.5. The van der Waals surface area contributed by atoms with Crippen molar-refractivity contribution in [1.29, 1.82) is 0 Å². The predicted octanol–water partition coefficient (Wildman–Crippen LogP) is 2.07. The van der Waals surface area contributed by atoms with Crippen LogP contribution in [0.5, 0.6) is 0 Å². The van der Waals surface area contributed by atoms with E-state index >= 15 is 0 Å². The Hall–Kier alpha value is -2.83. The second-order valence-electron chi connectivity index (χ2n) is 7.26. The molecule has 12 heteroatoms. The van der Waals surface area contributed by atoms with Gasteiger partial charge in [0.05, 0.1) is 36.2 Å². The number of hydrogen-bond acceptors (Lipinski definition) is 8. The fourth-order valence-electron chi connectivity index (χ4n) is 3.50. The Kier molecular flexibility index (Phi) is 8.05.